The van der Waals surface area contributed by atoms with Crippen molar-refractivity contribution in [3.8, 4) is 0 Å². The Morgan fingerprint density at radius 3 is 2.56 bits per heavy atom. The molecule has 1 unspecified atom stereocenters. The molecule has 9 heavy (non-hydrogen) atoms. The quantitative estimate of drug-likeness (QED) is 0.296. The van der Waals surface area contributed by atoms with Gasteiger partial charge in [0.15, 0.2) is 0 Å². The van der Waals surface area contributed by atoms with Crippen molar-refractivity contribution < 1.29 is 43.1 Å². The van der Waals surface area contributed by atoms with Crippen molar-refractivity contribution in [2.75, 3.05) is 13.2 Å². The maximum absolute atomic E-state index is 10.1. The summed E-state index contributed by atoms with van der Waals surface area (Å²) < 4.78 is 25.1. The molecular weight excluding hydrogens is 151 g/mol. The smallest absolute Gasteiger partial charge is 0.772 e. The molecule has 2 atom stereocenters. The summed E-state index contributed by atoms with van der Waals surface area (Å²) in [6.45, 7) is 0.981. The first kappa shape index (κ1) is 10.1. The fraction of sp³-hybridized carbons (Fsp3) is 1.00. The number of ether oxygens (including phenoxy) is 1. The molecule has 1 rings (SSSR count). The minimum atomic E-state index is -1.92. The van der Waals surface area contributed by atoms with Gasteiger partial charge in [0.05, 0.1) is 6.61 Å². The van der Waals surface area contributed by atoms with Crippen LogP contribution in [0.1, 0.15) is 6.42 Å². The summed E-state index contributed by atoms with van der Waals surface area (Å²) in [6, 6.07) is 0. The van der Waals surface area contributed by atoms with Gasteiger partial charge < -0.3 is 9.29 Å². The van der Waals surface area contributed by atoms with Crippen LogP contribution in [0.5, 0.6) is 0 Å². The van der Waals surface area contributed by atoms with E-state index in [2.05, 4.69) is 0 Å². The third-order valence-electron chi connectivity index (χ3n) is 1.16. The van der Waals surface area contributed by atoms with E-state index in [0.717, 1.165) is 0 Å². The van der Waals surface area contributed by atoms with Gasteiger partial charge in [-0.05, 0) is 17.5 Å². The van der Waals surface area contributed by atoms with Crippen LogP contribution >= 0.6 is 0 Å². The number of hydrogen-bond acceptors (Lipinski definition) is 3. The Bertz CT molecular complexity index is 102. The van der Waals surface area contributed by atoms with Crippen LogP contribution in [0.15, 0.2) is 0 Å². The van der Waals surface area contributed by atoms with Crippen LogP contribution in [0.3, 0.4) is 0 Å². The summed E-state index contributed by atoms with van der Waals surface area (Å²) in [7, 11) is 0. The summed E-state index contributed by atoms with van der Waals surface area (Å²) in [5.74, 6) is 0. The summed E-state index contributed by atoms with van der Waals surface area (Å²) in [5.41, 5.74) is 0. The van der Waals surface area contributed by atoms with Gasteiger partial charge in [0.25, 0.3) is 0 Å². The second kappa shape index (κ2) is 4.82. The van der Waals surface area contributed by atoms with Crippen LogP contribution in [-0.4, -0.2) is 27.2 Å². The Balaban J connectivity index is 0.000000640. The van der Waals surface area contributed by atoms with Gasteiger partial charge in [-0.1, -0.05) is 0 Å². The van der Waals surface area contributed by atoms with E-state index in [-0.39, 0.29) is 34.8 Å². The zero-order valence-corrected chi connectivity index (χ0v) is 8.15. The minimum absolute atomic E-state index is 0. The zero-order chi connectivity index (χ0) is 5.98. The fourth-order valence-corrected chi connectivity index (χ4v) is 1.16. The molecule has 0 bridgehead atoms. The van der Waals surface area contributed by atoms with E-state index in [1.165, 1.54) is 0 Å². The summed E-state index contributed by atoms with van der Waals surface area (Å²) >= 11 is -1.92. The third-order valence-corrected chi connectivity index (χ3v) is 2.08. The molecule has 1 fully saturated rings. The van der Waals surface area contributed by atoms with Crippen LogP contribution in [0.25, 0.3) is 0 Å². The fourth-order valence-electron chi connectivity index (χ4n) is 0.665. The van der Waals surface area contributed by atoms with E-state index in [1.807, 2.05) is 0 Å². The molecule has 48 valence electrons. The second-order valence-electron chi connectivity index (χ2n) is 1.75. The first-order valence-corrected chi connectivity index (χ1v) is 3.60. The summed E-state index contributed by atoms with van der Waals surface area (Å²) in [6.07, 6.45) is 0.663. The van der Waals surface area contributed by atoms with Crippen LogP contribution < -0.4 is 29.6 Å². The Labute approximate surface area is 78.7 Å². The maximum Gasteiger partial charge on any atom is 1.00 e. The molecule has 0 spiro atoms. The van der Waals surface area contributed by atoms with Crippen molar-refractivity contribution in [3.05, 3.63) is 0 Å². The second-order valence-corrected chi connectivity index (χ2v) is 2.93. The van der Waals surface area contributed by atoms with Crippen molar-refractivity contribution in [1.82, 2.24) is 0 Å². The van der Waals surface area contributed by atoms with Gasteiger partial charge in [0.2, 0.25) is 0 Å². The Morgan fingerprint density at radius 1 is 1.67 bits per heavy atom. The van der Waals surface area contributed by atoms with Crippen molar-refractivity contribution in [3.63, 3.8) is 0 Å². The molecule has 1 aliphatic rings. The third kappa shape index (κ3) is 3.11. The number of hydrogen-bond donors (Lipinski definition) is 0. The Morgan fingerprint density at radius 2 is 2.33 bits per heavy atom. The van der Waals surface area contributed by atoms with Gasteiger partial charge in [-0.15, -0.1) is 0 Å². The molecule has 1 heterocycles. The van der Waals surface area contributed by atoms with Gasteiger partial charge in [-0.25, -0.2) is 0 Å². The van der Waals surface area contributed by atoms with Gasteiger partial charge in [-0.2, -0.15) is 0 Å². The van der Waals surface area contributed by atoms with Crippen LogP contribution in [0.2, 0.25) is 0 Å². The SMILES string of the molecule is O=S([O-])[C@H]1CCOC1.[Na+]. The predicted octanol–water partition coefficient (Wildman–Crippen LogP) is -3.34. The molecule has 0 aliphatic carbocycles. The minimum Gasteiger partial charge on any atom is -0.772 e. The topological polar surface area (TPSA) is 49.4 Å². The average Bonchev–Trinajstić information content (AvgIpc) is 2.12. The van der Waals surface area contributed by atoms with E-state index in [0.29, 0.717) is 19.6 Å². The molecule has 1 saturated heterocycles. The molecule has 0 N–H and O–H groups in total. The molecule has 0 aromatic carbocycles. The molecule has 0 aromatic rings. The zero-order valence-electron chi connectivity index (χ0n) is 5.33. The largest absolute Gasteiger partial charge is 1.00 e. The standard InChI is InChI=1S/C4H8O3S.Na/c5-8(6)4-1-2-7-3-4;/h4H,1-3H2,(H,5,6);/q;+1/p-1/t4-;/m0./s1. The summed E-state index contributed by atoms with van der Waals surface area (Å²) in [5, 5.41) is -0.241. The first-order valence-electron chi connectivity index (χ1n) is 2.46. The van der Waals surface area contributed by atoms with Gasteiger partial charge in [0.1, 0.15) is 0 Å². The van der Waals surface area contributed by atoms with Crippen LogP contribution in [0.4, 0.5) is 0 Å². The van der Waals surface area contributed by atoms with E-state index in [9.17, 15) is 8.76 Å². The van der Waals surface area contributed by atoms with Crippen molar-refractivity contribution in [1.29, 1.82) is 0 Å². The van der Waals surface area contributed by atoms with Crippen molar-refractivity contribution in [2.24, 2.45) is 0 Å². The number of rotatable bonds is 1. The maximum atomic E-state index is 10.1. The molecule has 0 saturated carbocycles. The molecule has 5 heteroatoms. The normalized spacial score (nSPS) is 29.2. The molecular formula is C4H7NaO3S. The molecule has 0 amide bonds. The van der Waals surface area contributed by atoms with Crippen molar-refractivity contribution >= 4 is 11.1 Å². The van der Waals surface area contributed by atoms with Crippen molar-refractivity contribution in [2.45, 2.75) is 11.7 Å². The van der Waals surface area contributed by atoms with Crippen LogP contribution in [-0.2, 0) is 15.8 Å². The summed E-state index contributed by atoms with van der Waals surface area (Å²) in [4.78, 5) is 0. The van der Waals surface area contributed by atoms with E-state index in [4.69, 9.17) is 4.74 Å². The van der Waals surface area contributed by atoms with Gasteiger partial charge in [0, 0.05) is 11.9 Å². The van der Waals surface area contributed by atoms with Gasteiger partial charge >= 0.3 is 29.6 Å². The Hall–Kier alpha value is 1.07. The molecule has 1 aliphatic heterocycles. The molecule has 0 aromatic heterocycles. The predicted molar refractivity (Wildman–Crippen MR) is 28.1 cm³/mol. The monoisotopic (exact) mass is 158 g/mol. The first-order chi connectivity index (χ1) is 3.80. The van der Waals surface area contributed by atoms with E-state index >= 15 is 0 Å². The van der Waals surface area contributed by atoms with E-state index in [1.54, 1.807) is 0 Å². The van der Waals surface area contributed by atoms with E-state index < -0.39 is 11.1 Å². The molecule has 3 nitrogen and oxygen atoms in total. The van der Waals surface area contributed by atoms with Gasteiger partial charge in [-0.3, -0.25) is 4.21 Å². The average molecular weight is 158 g/mol. The van der Waals surface area contributed by atoms with Crippen LogP contribution in [0, 0.1) is 0 Å². The molecule has 0 radical (unpaired) electrons. The Kier molecular flexibility index (Phi) is 5.39.